The predicted molar refractivity (Wildman–Crippen MR) is 120 cm³/mol. The van der Waals surface area contributed by atoms with E-state index in [2.05, 4.69) is 105 Å². The Morgan fingerprint density at radius 1 is 0.793 bits per heavy atom. The van der Waals surface area contributed by atoms with Crippen molar-refractivity contribution in [2.24, 2.45) is 0 Å². The van der Waals surface area contributed by atoms with E-state index in [0.29, 0.717) is 0 Å². The Morgan fingerprint density at radius 2 is 1.38 bits per heavy atom. The summed E-state index contributed by atoms with van der Waals surface area (Å²) in [4.78, 5) is 11.6. The minimum atomic E-state index is -0.489. The Hall–Kier alpha value is -2.98. The maximum Gasteiger partial charge on any atom is 0.133 e. The highest BCUT2D eigenvalue weighted by molar-refractivity contribution is 9.10. The zero-order chi connectivity index (χ0) is 19.7. The van der Waals surface area contributed by atoms with Crippen LogP contribution < -0.4 is 4.90 Å². The lowest BCUT2D eigenvalue weighted by atomic mass is 9.76. The van der Waals surface area contributed by atoms with Crippen molar-refractivity contribution in [1.29, 1.82) is 0 Å². The van der Waals surface area contributed by atoms with Gasteiger partial charge < -0.3 is 4.90 Å². The molecule has 1 aliphatic heterocycles. The van der Waals surface area contributed by atoms with E-state index < -0.39 is 5.54 Å². The summed E-state index contributed by atoms with van der Waals surface area (Å²) in [6, 6.07) is 27.9. The molecule has 4 heteroatoms. The first-order chi connectivity index (χ1) is 14.3. The van der Waals surface area contributed by atoms with Crippen molar-refractivity contribution in [3.63, 3.8) is 0 Å². The SMILES string of the molecule is Brc1cnc2c(c1)CCN2C(c1ccccc1)(c1ccccc1)c1ccncc1. The van der Waals surface area contributed by atoms with Crippen molar-refractivity contribution in [3.8, 4) is 0 Å². The molecule has 29 heavy (non-hydrogen) atoms. The molecule has 0 saturated heterocycles. The molecular formula is C25H20BrN3. The number of halogens is 1. The average Bonchev–Trinajstić information content (AvgIpc) is 3.20. The molecule has 1 aliphatic rings. The fourth-order valence-electron chi connectivity index (χ4n) is 4.49. The number of fused-ring (bicyclic) bond motifs is 1. The van der Waals surface area contributed by atoms with Gasteiger partial charge in [-0.05, 0) is 62.8 Å². The fourth-order valence-corrected chi connectivity index (χ4v) is 4.86. The molecule has 3 nitrogen and oxygen atoms in total. The topological polar surface area (TPSA) is 29.0 Å². The van der Waals surface area contributed by atoms with E-state index in [1.165, 1.54) is 22.3 Å². The van der Waals surface area contributed by atoms with E-state index in [1.807, 2.05) is 18.6 Å². The number of pyridine rings is 2. The predicted octanol–water partition coefficient (Wildman–Crippen LogP) is 5.59. The summed E-state index contributed by atoms with van der Waals surface area (Å²) < 4.78 is 1.02. The maximum absolute atomic E-state index is 4.85. The molecule has 2 aromatic carbocycles. The zero-order valence-electron chi connectivity index (χ0n) is 15.9. The van der Waals surface area contributed by atoms with Crippen LogP contribution in [-0.4, -0.2) is 16.5 Å². The Kier molecular flexibility index (Phi) is 4.64. The second-order valence-electron chi connectivity index (χ2n) is 7.22. The molecule has 0 atom stereocenters. The first kappa shape index (κ1) is 18.1. The number of hydrogen-bond donors (Lipinski definition) is 0. The van der Waals surface area contributed by atoms with Gasteiger partial charge in [-0.25, -0.2) is 4.98 Å². The normalized spacial score (nSPS) is 13.3. The van der Waals surface area contributed by atoms with Gasteiger partial charge in [0.2, 0.25) is 0 Å². The minimum Gasteiger partial charge on any atom is -0.338 e. The van der Waals surface area contributed by atoms with Crippen LogP contribution in [0.1, 0.15) is 22.3 Å². The van der Waals surface area contributed by atoms with Gasteiger partial charge in [-0.3, -0.25) is 4.98 Å². The van der Waals surface area contributed by atoms with Gasteiger partial charge in [-0.2, -0.15) is 0 Å². The second kappa shape index (κ2) is 7.45. The number of rotatable bonds is 4. The van der Waals surface area contributed by atoms with Crippen LogP contribution in [0.3, 0.4) is 0 Å². The molecule has 2 aromatic heterocycles. The van der Waals surface area contributed by atoms with Gasteiger partial charge >= 0.3 is 0 Å². The molecule has 0 aliphatic carbocycles. The third-order valence-corrected chi connectivity index (χ3v) is 6.09. The zero-order valence-corrected chi connectivity index (χ0v) is 17.5. The standard InChI is InChI=1S/C25H20BrN3/c26-23-17-19-13-16-29(24(19)28-18-23)25(20-7-3-1-4-8-20,21-9-5-2-6-10-21)22-11-14-27-15-12-22/h1-12,14-15,17-18H,13,16H2. The van der Waals surface area contributed by atoms with Crippen LogP contribution in [0.5, 0.6) is 0 Å². The minimum absolute atomic E-state index is 0.489. The summed E-state index contributed by atoms with van der Waals surface area (Å²) >= 11 is 3.58. The average molecular weight is 442 g/mol. The molecule has 0 radical (unpaired) electrons. The van der Waals surface area contributed by atoms with Crippen LogP contribution in [0.4, 0.5) is 5.82 Å². The molecule has 0 N–H and O–H groups in total. The first-order valence-electron chi connectivity index (χ1n) is 9.74. The van der Waals surface area contributed by atoms with Crippen molar-refractivity contribution in [2.75, 3.05) is 11.4 Å². The molecule has 4 aromatic rings. The van der Waals surface area contributed by atoms with Gasteiger partial charge in [0.1, 0.15) is 11.4 Å². The van der Waals surface area contributed by atoms with Crippen LogP contribution in [-0.2, 0) is 12.0 Å². The smallest absolute Gasteiger partial charge is 0.133 e. The molecule has 0 saturated carbocycles. The van der Waals surface area contributed by atoms with Gasteiger partial charge in [-0.15, -0.1) is 0 Å². The Labute approximate surface area is 179 Å². The molecule has 0 fully saturated rings. The lowest BCUT2D eigenvalue weighted by Gasteiger charge is -2.44. The van der Waals surface area contributed by atoms with Gasteiger partial charge in [0, 0.05) is 29.6 Å². The van der Waals surface area contributed by atoms with Crippen LogP contribution in [0, 0.1) is 0 Å². The maximum atomic E-state index is 4.85. The summed E-state index contributed by atoms with van der Waals surface area (Å²) in [7, 11) is 0. The Balaban J connectivity index is 1.85. The molecule has 5 rings (SSSR count). The Bertz CT molecular complexity index is 1020. The fraction of sp³-hybridized carbons (Fsp3) is 0.120. The summed E-state index contributed by atoms with van der Waals surface area (Å²) in [5.41, 5.74) is 4.40. The summed E-state index contributed by atoms with van der Waals surface area (Å²) in [5.74, 6) is 1.04. The van der Waals surface area contributed by atoms with Crippen molar-refractivity contribution >= 4 is 21.7 Å². The lowest BCUT2D eigenvalue weighted by Crippen LogP contribution is -2.48. The third-order valence-electron chi connectivity index (χ3n) is 5.66. The second-order valence-corrected chi connectivity index (χ2v) is 8.13. The highest BCUT2D eigenvalue weighted by atomic mass is 79.9. The number of anilines is 1. The van der Waals surface area contributed by atoms with Crippen molar-refractivity contribution in [3.05, 3.63) is 124 Å². The summed E-state index contributed by atoms with van der Waals surface area (Å²) in [5, 5.41) is 0. The quantitative estimate of drug-likeness (QED) is 0.413. The monoisotopic (exact) mass is 441 g/mol. The van der Waals surface area contributed by atoms with Gasteiger partial charge in [0.25, 0.3) is 0 Å². The molecule has 142 valence electrons. The number of hydrogen-bond acceptors (Lipinski definition) is 3. The largest absolute Gasteiger partial charge is 0.338 e. The van der Waals surface area contributed by atoms with E-state index in [4.69, 9.17) is 4.98 Å². The van der Waals surface area contributed by atoms with Gasteiger partial charge in [-0.1, -0.05) is 60.7 Å². The molecule has 0 unspecified atom stereocenters. The number of aromatic nitrogens is 2. The van der Waals surface area contributed by atoms with Crippen LogP contribution in [0.25, 0.3) is 0 Å². The van der Waals surface area contributed by atoms with E-state index >= 15 is 0 Å². The molecule has 0 amide bonds. The third kappa shape index (κ3) is 2.95. The van der Waals surface area contributed by atoms with Crippen LogP contribution in [0.2, 0.25) is 0 Å². The van der Waals surface area contributed by atoms with Crippen LogP contribution in [0.15, 0.2) is 102 Å². The van der Waals surface area contributed by atoms with E-state index in [0.717, 1.165) is 23.3 Å². The Morgan fingerprint density at radius 3 is 2.00 bits per heavy atom. The molecular weight excluding hydrogens is 422 g/mol. The van der Waals surface area contributed by atoms with E-state index in [1.54, 1.807) is 0 Å². The van der Waals surface area contributed by atoms with Crippen molar-refractivity contribution in [2.45, 2.75) is 12.0 Å². The van der Waals surface area contributed by atoms with E-state index in [9.17, 15) is 0 Å². The summed E-state index contributed by atoms with van der Waals surface area (Å²) in [6.45, 7) is 0.894. The number of benzene rings is 2. The molecule has 0 spiro atoms. The van der Waals surface area contributed by atoms with Crippen LogP contribution >= 0.6 is 15.9 Å². The highest BCUT2D eigenvalue weighted by Gasteiger charge is 2.45. The molecule has 3 heterocycles. The lowest BCUT2D eigenvalue weighted by molar-refractivity contribution is 0.569. The highest BCUT2D eigenvalue weighted by Crippen LogP contribution is 2.47. The van der Waals surface area contributed by atoms with Gasteiger partial charge in [0.05, 0.1) is 0 Å². The van der Waals surface area contributed by atoms with Crippen molar-refractivity contribution in [1.82, 2.24) is 9.97 Å². The van der Waals surface area contributed by atoms with Crippen molar-refractivity contribution < 1.29 is 0 Å². The van der Waals surface area contributed by atoms with E-state index in [-0.39, 0.29) is 0 Å². The first-order valence-corrected chi connectivity index (χ1v) is 10.5. The molecule has 0 bridgehead atoms. The number of nitrogens with zero attached hydrogens (tertiary/aromatic N) is 3. The van der Waals surface area contributed by atoms with Gasteiger partial charge in [0.15, 0.2) is 0 Å². The summed E-state index contributed by atoms with van der Waals surface area (Å²) in [6.07, 6.45) is 6.61.